The number of hydrogen-bond donors (Lipinski definition) is 1. The summed E-state index contributed by atoms with van der Waals surface area (Å²) in [6.45, 7) is 0.591. The molecule has 1 saturated carbocycles. The van der Waals surface area contributed by atoms with E-state index in [2.05, 4.69) is 10.3 Å². The zero-order valence-electron chi connectivity index (χ0n) is 13.3. The number of nitrogens with zero attached hydrogens (tertiary/aromatic N) is 2. The highest BCUT2D eigenvalue weighted by atomic mass is 19.1. The van der Waals surface area contributed by atoms with Crippen LogP contribution < -0.4 is 5.32 Å². The van der Waals surface area contributed by atoms with Crippen LogP contribution in [0.25, 0.3) is 0 Å². The quantitative estimate of drug-likeness (QED) is 0.885. The van der Waals surface area contributed by atoms with E-state index < -0.39 is 11.9 Å². The molecule has 2 amide bonds. The van der Waals surface area contributed by atoms with E-state index in [1.54, 1.807) is 4.90 Å². The Balaban J connectivity index is 1.53. The molecule has 0 unspecified atom stereocenters. The lowest BCUT2D eigenvalue weighted by Gasteiger charge is -2.28. The van der Waals surface area contributed by atoms with Gasteiger partial charge in [-0.15, -0.1) is 0 Å². The highest BCUT2D eigenvalue weighted by molar-refractivity contribution is 5.89. The van der Waals surface area contributed by atoms with Crippen LogP contribution in [0.15, 0.2) is 18.3 Å². The van der Waals surface area contributed by atoms with Crippen molar-refractivity contribution >= 4 is 11.8 Å². The van der Waals surface area contributed by atoms with Crippen molar-refractivity contribution in [3.63, 3.8) is 0 Å². The molecule has 128 valence electrons. The van der Waals surface area contributed by atoms with Crippen LogP contribution in [0, 0.1) is 5.82 Å². The molecule has 2 saturated heterocycles. The first-order chi connectivity index (χ1) is 11.6. The molecule has 4 rings (SSSR count). The Morgan fingerprint density at radius 2 is 2.21 bits per heavy atom. The van der Waals surface area contributed by atoms with Crippen LogP contribution in [0.1, 0.15) is 31.4 Å². The lowest BCUT2D eigenvalue weighted by atomic mass is 10.1. The van der Waals surface area contributed by atoms with Gasteiger partial charge in [0.1, 0.15) is 11.9 Å². The first-order valence-corrected chi connectivity index (χ1v) is 8.46. The van der Waals surface area contributed by atoms with Gasteiger partial charge in [0.15, 0.2) is 0 Å². The first-order valence-electron chi connectivity index (χ1n) is 8.46. The van der Waals surface area contributed by atoms with Gasteiger partial charge in [-0.2, -0.15) is 0 Å². The summed E-state index contributed by atoms with van der Waals surface area (Å²) in [5, 5.41) is 2.97. The molecule has 6 nitrogen and oxygen atoms in total. The Bertz CT molecular complexity index is 664. The van der Waals surface area contributed by atoms with Crippen molar-refractivity contribution in [1.29, 1.82) is 0 Å². The number of pyridine rings is 1. The van der Waals surface area contributed by atoms with Gasteiger partial charge in [0.25, 0.3) is 0 Å². The molecule has 0 spiro atoms. The predicted octanol–water partition coefficient (Wildman–Crippen LogP) is 0.800. The van der Waals surface area contributed by atoms with E-state index in [-0.39, 0.29) is 42.1 Å². The zero-order valence-corrected chi connectivity index (χ0v) is 13.3. The van der Waals surface area contributed by atoms with E-state index in [0.29, 0.717) is 19.4 Å². The fourth-order valence-corrected chi connectivity index (χ4v) is 3.65. The monoisotopic (exact) mass is 333 g/mol. The molecule has 3 atom stereocenters. The van der Waals surface area contributed by atoms with E-state index in [9.17, 15) is 14.0 Å². The highest BCUT2D eigenvalue weighted by Crippen LogP contribution is 2.34. The molecule has 1 aromatic heterocycles. The average molecular weight is 333 g/mol. The van der Waals surface area contributed by atoms with Gasteiger partial charge in [-0.25, -0.2) is 4.39 Å². The number of amides is 2. The van der Waals surface area contributed by atoms with Crippen molar-refractivity contribution in [1.82, 2.24) is 15.2 Å². The molecule has 1 aromatic rings. The van der Waals surface area contributed by atoms with Crippen molar-refractivity contribution in [3.05, 3.63) is 29.8 Å². The molecule has 2 aliphatic heterocycles. The second-order valence-electron chi connectivity index (χ2n) is 6.71. The number of fused-ring (bicyclic) bond motifs is 1. The maximum Gasteiger partial charge on any atom is 0.243 e. The highest BCUT2D eigenvalue weighted by Gasteiger charge is 2.50. The van der Waals surface area contributed by atoms with E-state index in [1.807, 2.05) is 0 Å². The number of ether oxygens (including phenoxy) is 1. The molecule has 7 heteroatoms. The van der Waals surface area contributed by atoms with Crippen LogP contribution in [0.4, 0.5) is 4.39 Å². The van der Waals surface area contributed by atoms with Gasteiger partial charge in [-0.05, 0) is 31.4 Å². The van der Waals surface area contributed by atoms with Gasteiger partial charge in [-0.3, -0.25) is 14.6 Å². The summed E-state index contributed by atoms with van der Waals surface area (Å²) in [7, 11) is 0. The standard InChI is InChI=1S/C17H20FN3O3/c18-11-2-1-6-19-12(11)8-16(22)21-13-5-7-24-15(13)9-14(21)17(23)20-10-3-4-10/h1-2,6,10,13-15H,3-5,7-9H2,(H,20,23)/t13-,14-,15-/m0/s1. The van der Waals surface area contributed by atoms with Gasteiger partial charge in [0, 0.05) is 25.3 Å². The largest absolute Gasteiger partial charge is 0.376 e. The Labute approximate surface area is 139 Å². The number of rotatable bonds is 4. The number of likely N-dealkylation sites (tertiary alicyclic amines) is 1. The van der Waals surface area contributed by atoms with Crippen LogP contribution in [0.2, 0.25) is 0 Å². The molecular weight excluding hydrogens is 313 g/mol. The van der Waals surface area contributed by atoms with Crippen molar-refractivity contribution < 1.29 is 18.7 Å². The van der Waals surface area contributed by atoms with Crippen LogP contribution in [-0.2, 0) is 20.7 Å². The second-order valence-corrected chi connectivity index (χ2v) is 6.71. The molecule has 0 bridgehead atoms. The van der Waals surface area contributed by atoms with Gasteiger partial charge in [-0.1, -0.05) is 0 Å². The van der Waals surface area contributed by atoms with Gasteiger partial charge in [0.05, 0.1) is 24.3 Å². The van der Waals surface area contributed by atoms with Gasteiger partial charge < -0.3 is 15.0 Å². The summed E-state index contributed by atoms with van der Waals surface area (Å²) in [5.41, 5.74) is 0.117. The zero-order chi connectivity index (χ0) is 16.7. The molecule has 3 heterocycles. The molecule has 3 fully saturated rings. The average Bonchev–Trinajstić information content (AvgIpc) is 3.12. The maximum absolute atomic E-state index is 13.8. The number of nitrogens with one attached hydrogen (secondary N) is 1. The third kappa shape index (κ3) is 2.88. The second kappa shape index (κ2) is 6.12. The molecule has 0 aromatic carbocycles. The van der Waals surface area contributed by atoms with Crippen LogP contribution >= 0.6 is 0 Å². The lowest BCUT2D eigenvalue weighted by Crippen LogP contribution is -2.50. The van der Waals surface area contributed by atoms with E-state index in [1.165, 1.54) is 18.3 Å². The normalized spacial score (nSPS) is 28.7. The molecule has 0 radical (unpaired) electrons. The van der Waals surface area contributed by atoms with Crippen molar-refractivity contribution in [2.45, 2.75) is 56.3 Å². The van der Waals surface area contributed by atoms with Crippen molar-refractivity contribution in [2.24, 2.45) is 0 Å². The van der Waals surface area contributed by atoms with E-state index in [4.69, 9.17) is 4.74 Å². The fraction of sp³-hybridized carbons (Fsp3) is 0.588. The minimum absolute atomic E-state index is 0.0979. The minimum Gasteiger partial charge on any atom is -0.376 e. The van der Waals surface area contributed by atoms with Gasteiger partial charge in [0.2, 0.25) is 11.8 Å². The Morgan fingerprint density at radius 1 is 1.38 bits per heavy atom. The van der Waals surface area contributed by atoms with E-state index in [0.717, 1.165) is 12.8 Å². The smallest absolute Gasteiger partial charge is 0.243 e. The summed E-state index contributed by atoms with van der Waals surface area (Å²) in [5.74, 6) is -0.879. The third-order valence-electron chi connectivity index (χ3n) is 4.99. The third-order valence-corrected chi connectivity index (χ3v) is 4.99. The Hall–Kier alpha value is -2.02. The van der Waals surface area contributed by atoms with E-state index >= 15 is 0 Å². The summed E-state index contributed by atoms with van der Waals surface area (Å²) < 4.78 is 19.5. The number of aromatic nitrogens is 1. The first kappa shape index (κ1) is 15.5. The van der Waals surface area contributed by atoms with Crippen LogP contribution in [0.5, 0.6) is 0 Å². The van der Waals surface area contributed by atoms with Crippen LogP contribution in [-0.4, -0.2) is 52.5 Å². The maximum atomic E-state index is 13.8. The van der Waals surface area contributed by atoms with Crippen molar-refractivity contribution in [2.75, 3.05) is 6.61 Å². The summed E-state index contributed by atoms with van der Waals surface area (Å²) >= 11 is 0. The molecule has 24 heavy (non-hydrogen) atoms. The fourth-order valence-electron chi connectivity index (χ4n) is 3.65. The minimum atomic E-state index is -0.528. The van der Waals surface area contributed by atoms with Crippen LogP contribution in [0.3, 0.4) is 0 Å². The molecule has 1 aliphatic carbocycles. The lowest BCUT2D eigenvalue weighted by molar-refractivity contribution is -0.140. The Kier molecular flexibility index (Phi) is 3.96. The number of hydrogen-bond acceptors (Lipinski definition) is 4. The van der Waals surface area contributed by atoms with Gasteiger partial charge >= 0.3 is 0 Å². The molecular formula is C17H20FN3O3. The Morgan fingerprint density at radius 3 is 2.96 bits per heavy atom. The molecule has 3 aliphatic rings. The topological polar surface area (TPSA) is 71.5 Å². The number of carbonyl (C=O) groups is 2. The predicted molar refractivity (Wildman–Crippen MR) is 82.5 cm³/mol. The van der Waals surface area contributed by atoms with Crippen molar-refractivity contribution in [3.8, 4) is 0 Å². The summed E-state index contributed by atoms with van der Waals surface area (Å²) in [4.78, 5) is 30.9. The summed E-state index contributed by atoms with van der Waals surface area (Å²) in [6.07, 6.45) is 4.45. The summed E-state index contributed by atoms with van der Waals surface area (Å²) in [6, 6.07) is 2.40. The SMILES string of the molecule is O=C(NC1CC1)[C@@H]1C[C@@H]2OCC[C@@H]2N1C(=O)Cc1ncccc1F. The number of carbonyl (C=O) groups excluding carboxylic acids is 2. The number of halogens is 1. The molecule has 1 N–H and O–H groups in total.